The van der Waals surface area contributed by atoms with E-state index < -0.39 is 37.0 Å². The van der Waals surface area contributed by atoms with Crippen molar-refractivity contribution < 1.29 is 29.2 Å². The first-order chi connectivity index (χ1) is 12.6. The largest absolute Gasteiger partial charge is 0.462 e. The number of hydrogen-bond acceptors (Lipinski definition) is 7. The molecule has 2 aromatic carbocycles. The summed E-state index contributed by atoms with van der Waals surface area (Å²) in [7, 11) is 0. The zero-order chi connectivity index (χ0) is 18.1. The van der Waals surface area contributed by atoms with E-state index in [2.05, 4.69) is 0 Å². The first-order valence-electron chi connectivity index (χ1n) is 8.47. The number of nitrogens with two attached hydrogens (primary N) is 1. The molecular formula is C19H21NO6. The minimum absolute atomic E-state index is 0.218. The maximum atomic E-state index is 10.5. The summed E-state index contributed by atoms with van der Waals surface area (Å²) in [6, 6.07) is 16.1. The Morgan fingerprint density at radius 3 is 2.38 bits per heavy atom. The summed E-state index contributed by atoms with van der Waals surface area (Å²) >= 11 is 0. The lowest BCUT2D eigenvalue weighted by atomic mass is 9.98. The second-order valence-electron chi connectivity index (χ2n) is 6.39. The zero-order valence-corrected chi connectivity index (χ0v) is 14.0. The van der Waals surface area contributed by atoms with Gasteiger partial charge in [0.1, 0.15) is 30.2 Å². The predicted molar refractivity (Wildman–Crippen MR) is 92.2 cm³/mol. The Labute approximate surface area is 150 Å². The molecule has 7 nitrogen and oxygen atoms in total. The molecule has 7 heteroatoms. The fourth-order valence-electron chi connectivity index (χ4n) is 3.13. The van der Waals surface area contributed by atoms with Crippen LogP contribution >= 0.6 is 0 Å². The van der Waals surface area contributed by atoms with Gasteiger partial charge in [-0.05, 0) is 24.3 Å². The van der Waals surface area contributed by atoms with Crippen LogP contribution in [0.1, 0.15) is 11.9 Å². The van der Waals surface area contributed by atoms with Crippen LogP contribution in [0.5, 0.6) is 5.75 Å². The first kappa shape index (κ1) is 17.3. The number of ether oxygens (including phenoxy) is 4. The van der Waals surface area contributed by atoms with Crippen LogP contribution < -0.4 is 10.5 Å². The molecule has 2 aliphatic heterocycles. The molecule has 138 valence electrons. The van der Waals surface area contributed by atoms with Crippen molar-refractivity contribution in [3.05, 3.63) is 60.2 Å². The summed E-state index contributed by atoms with van der Waals surface area (Å²) in [6.07, 6.45) is -5.33. The second-order valence-corrected chi connectivity index (χ2v) is 6.39. The van der Waals surface area contributed by atoms with Gasteiger partial charge >= 0.3 is 0 Å². The van der Waals surface area contributed by atoms with E-state index in [0.29, 0.717) is 11.4 Å². The lowest BCUT2D eigenvalue weighted by molar-refractivity contribution is -0.350. The molecule has 0 spiro atoms. The van der Waals surface area contributed by atoms with Crippen LogP contribution in [0.4, 0.5) is 5.69 Å². The van der Waals surface area contributed by atoms with Crippen molar-refractivity contribution in [1.82, 2.24) is 0 Å². The number of nitrogen functional groups attached to an aromatic ring is 1. The van der Waals surface area contributed by atoms with E-state index in [4.69, 9.17) is 24.7 Å². The van der Waals surface area contributed by atoms with Crippen molar-refractivity contribution >= 4 is 5.69 Å². The SMILES string of the molecule is Nc1ccc(O[C@H]2O[C@@H]3CO[C@@H](c4ccccc4)O[C@H]3[C@H](O)[C@H]2O)cc1. The standard InChI is InChI=1S/C19H21NO6/c20-12-6-8-13(9-7-12)24-19-16(22)15(21)17-14(25-19)10-23-18(26-17)11-4-2-1-3-5-11/h1-9,14-19,21-22H,10,20H2/t14-,15-,16-,17-,18-,19+/m1/s1. The van der Waals surface area contributed by atoms with E-state index in [1.165, 1.54) is 0 Å². The van der Waals surface area contributed by atoms with Gasteiger partial charge in [-0.15, -0.1) is 0 Å². The Bertz CT molecular complexity index is 723. The van der Waals surface area contributed by atoms with Crippen LogP contribution in [0, 0.1) is 0 Å². The number of aliphatic hydroxyl groups excluding tert-OH is 2. The molecule has 0 unspecified atom stereocenters. The Morgan fingerprint density at radius 2 is 1.65 bits per heavy atom. The molecule has 6 atom stereocenters. The third-order valence-electron chi connectivity index (χ3n) is 4.54. The Balaban J connectivity index is 1.45. The normalized spacial score (nSPS) is 34.1. The lowest BCUT2D eigenvalue weighted by Gasteiger charge is -2.46. The maximum absolute atomic E-state index is 10.5. The van der Waals surface area contributed by atoms with Crippen molar-refractivity contribution in [2.75, 3.05) is 12.3 Å². The van der Waals surface area contributed by atoms with Crippen molar-refractivity contribution in [3.63, 3.8) is 0 Å². The zero-order valence-electron chi connectivity index (χ0n) is 14.0. The van der Waals surface area contributed by atoms with Crippen LogP contribution in [0.25, 0.3) is 0 Å². The maximum Gasteiger partial charge on any atom is 0.229 e. The second kappa shape index (κ2) is 7.22. The number of rotatable bonds is 3. The topological polar surface area (TPSA) is 103 Å². The van der Waals surface area contributed by atoms with E-state index in [-0.39, 0.29) is 6.61 Å². The Hall–Kier alpha value is -2.16. The van der Waals surface area contributed by atoms with Crippen molar-refractivity contribution in [2.45, 2.75) is 37.0 Å². The molecule has 4 N–H and O–H groups in total. The predicted octanol–water partition coefficient (Wildman–Crippen LogP) is 1.21. The highest BCUT2D eigenvalue weighted by atomic mass is 16.8. The highest BCUT2D eigenvalue weighted by Crippen LogP contribution is 2.34. The highest BCUT2D eigenvalue weighted by molar-refractivity contribution is 5.41. The number of hydrogen-bond donors (Lipinski definition) is 3. The Kier molecular flexibility index (Phi) is 4.80. The molecule has 0 bridgehead atoms. The summed E-state index contributed by atoms with van der Waals surface area (Å²) in [5, 5.41) is 20.9. The van der Waals surface area contributed by atoms with Crippen LogP contribution in [0.2, 0.25) is 0 Å². The number of anilines is 1. The van der Waals surface area contributed by atoms with E-state index in [1.807, 2.05) is 30.3 Å². The van der Waals surface area contributed by atoms with Gasteiger partial charge in [-0.2, -0.15) is 0 Å². The molecule has 2 saturated heterocycles. The molecule has 0 saturated carbocycles. The molecule has 2 aromatic rings. The molecule has 0 amide bonds. The molecule has 2 aliphatic rings. The van der Waals surface area contributed by atoms with E-state index in [1.54, 1.807) is 24.3 Å². The summed E-state index contributed by atoms with van der Waals surface area (Å²) in [6.45, 7) is 0.218. The monoisotopic (exact) mass is 359 g/mol. The summed E-state index contributed by atoms with van der Waals surface area (Å²) in [5.41, 5.74) is 7.09. The highest BCUT2D eigenvalue weighted by Gasteiger charge is 2.49. The summed E-state index contributed by atoms with van der Waals surface area (Å²) < 4.78 is 23.0. The van der Waals surface area contributed by atoms with Gasteiger partial charge in [-0.3, -0.25) is 0 Å². The summed E-state index contributed by atoms with van der Waals surface area (Å²) in [4.78, 5) is 0. The third kappa shape index (κ3) is 3.40. The summed E-state index contributed by atoms with van der Waals surface area (Å²) in [5.74, 6) is 0.480. The fourth-order valence-corrected chi connectivity index (χ4v) is 3.13. The minimum atomic E-state index is -1.26. The number of benzene rings is 2. The van der Waals surface area contributed by atoms with E-state index in [9.17, 15) is 10.2 Å². The van der Waals surface area contributed by atoms with E-state index in [0.717, 1.165) is 5.56 Å². The molecule has 26 heavy (non-hydrogen) atoms. The van der Waals surface area contributed by atoms with Crippen molar-refractivity contribution in [2.24, 2.45) is 0 Å². The Morgan fingerprint density at radius 1 is 0.923 bits per heavy atom. The van der Waals surface area contributed by atoms with Gasteiger partial charge in [0, 0.05) is 11.3 Å². The van der Waals surface area contributed by atoms with Gasteiger partial charge in [-0.1, -0.05) is 30.3 Å². The quantitative estimate of drug-likeness (QED) is 0.708. The molecule has 2 fully saturated rings. The van der Waals surface area contributed by atoms with Gasteiger partial charge in [0.05, 0.1) is 6.61 Å². The molecule has 2 heterocycles. The van der Waals surface area contributed by atoms with Crippen LogP contribution in [-0.2, 0) is 14.2 Å². The average molecular weight is 359 g/mol. The lowest BCUT2D eigenvalue weighted by Crippen LogP contribution is -2.62. The van der Waals surface area contributed by atoms with Crippen molar-refractivity contribution in [3.8, 4) is 5.75 Å². The van der Waals surface area contributed by atoms with Gasteiger partial charge in [-0.25, -0.2) is 0 Å². The van der Waals surface area contributed by atoms with Crippen molar-refractivity contribution in [1.29, 1.82) is 0 Å². The first-order valence-corrected chi connectivity index (χ1v) is 8.47. The van der Waals surface area contributed by atoms with Crippen LogP contribution in [0.3, 0.4) is 0 Å². The molecule has 4 rings (SSSR count). The molecule has 0 aromatic heterocycles. The van der Waals surface area contributed by atoms with Crippen LogP contribution in [0.15, 0.2) is 54.6 Å². The van der Waals surface area contributed by atoms with Gasteiger partial charge in [0.25, 0.3) is 0 Å². The van der Waals surface area contributed by atoms with Gasteiger partial charge in [0.2, 0.25) is 6.29 Å². The number of fused-ring (bicyclic) bond motifs is 1. The van der Waals surface area contributed by atoms with E-state index >= 15 is 0 Å². The third-order valence-corrected chi connectivity index (χ3v) is 4.54. The number of aliphatic hydroxyl groups is 2. The smallest absolute Gasteiger partial charge is 0.229 e. The molecular weight excluding hydrogens is 338 g/mol. The molecule has 0 radical (unpaired) electrons. The fraction of sp³-hybridized carbons (Fsp3) is 0.368. The molecule has 0 aliphatic carbocycles. The van der Waals surface area contributed by atoms with Gasteiger partial charge < -0.3 is 34.9 Å². The minimum Gasteiger partial charge on any atom is -0.462 e. The van der Waals surface area contributed by atoms with Crippen LogP contribution in [-0.4, -0.2) is 47.5 Å². The average Bonchev–Trinajstić information content (AvgIpc) is 2.68. The van der Waals surface area contributed by atoms with Gasteiger partial charge in [0.15, 0.2) is 6.29 Å².